The predicted octanol–water partition coefficient (Wildman–Crippen LogP) is 1.90. The van der Waals surface area contributed by atoms with Crippen LogP contribution in [0.2, 0.25) is 0 Å². The van der Waals surface area contributed by atoms with Gasteiger partial charge in [0.2, 0.25) is 0 Å². The minimum atomic E-state index is -0.363. The molecule has 1 aromatic rings. The third-order valence-corrected chi connectivity index (χ3v) is 2.33. The number of nitrogens with two attached hydrogens (primary N) is 1. The molecule has 0 saturated carbocycles. The van der Waals surface area contributed by atoms with Crippen LogP contribution in [0, 0.1) is 17.0 Å². The van der Waals surface area contributed by atoms with Gasteiger partial charge in [-0.1, -0.05) is 25.1 Å². The highest BCUT2D eigenvalue weighted by Crippen LogP contribution is 2.29. The largest absolute Gasteiger partial charge is 0.304 e. The Morgan fingerprint density at radius 1 is 1.60 bits per heavy atom. The van der Waals surface area contributed by atoms with Gasteiger partial charge in [-0.2, -0.15) is 0 Å². The molecular weight excluding hydrogens is 196 g/mol. The Hall–Kier alpha value is -1.46. The van der Waals surface area contributed by atoms with Gasteiger partial charge in [0.05, 0.1) is 11.5 Å². The van der Waals surface area contributed by atoms with Gasteiger partial charge in [-0.3, -0.25) is 10.1 Å². The summed E-state index contributed by atoms with van der Waals surface area (Å²) in [6, 6.07) is 5.25. The van der Waals surface area contributed by atoms with Gasteiger partial charge in [0.25, 0.3) is 5.69 Å². The summed E-state index contributed by atoms with van der Waals surface area (Å²) in [4.78, 5) is 15.0. The fraction of sp³-hybridized carbons (Fsp3) is 0.400. The number of hydrogen-bond acceptors (Lipinski definition) is 4. The molecular formula is C10H14N2O3. The van der Waals surface area contributed by atoms with Crippen molar-refractivity contribution in [1.82, 2.24) is 0 Å². The first kappa shape index (κ1) is 11.6. The molecule has 5 heteroatoms. The van der Waals surface area contributed by atoms with E-state index in [0.717, 1.165) is 0 Å². The molecule has 1 unspecified atom stereocenters. The third-order valence-electron chi connectivity index (χ3n) is 2.33. The number of aryl methyl sites for hydroxylation is 1. The summed E-state index contributed by atoms with van der Waals surface area (Å²) < 4.78 is 0. The molecule has 0 spiro atoms. The van der Waals surface area contributed by atoms with E-state index < -0.39 is 0 Å². The first-order valence-corrected chi connectivity index (χ1v) is 4.63. The van der Waals surface area contributed by atoms with Gasteiger partial charge in [-0.05, 0) is 6.92 Å². The molecule has 82 valence electrons. The standard InChI is InChI=1S/C10H14N2O3/c1-7-4-3-5-9(8(2)6-15-11)10(7)12(13)14/h3-5,8H,6,11H2,1-2H3. The topological polar surface area (TPSA) is 78.4 Å². The van der Waals surface area contributed by atoms with E-state index in [2.05, 4.69) is 4.84 Å². The number of rotatable bonds is 4. The Balaban J connectivity index is 3.16. The van der Waals surface area contributed by atoms with Crippen molar-refractivity contribution < 1.29 is 9.76 Å². The molecule has 1 atom stereocenters. The molecule has 0 aliphatic rings. The average molecular weight is 210 g/mol. The Morgan fingerprint density at radius 3 is 2.80 bits per heavy atom. The fourth-order valence-electron chi connectivity index (χ4n) is 1.56. The lowest BCUT2D eigenvalue weighted by atomic mass is 9.97. The van der Waals surface area contributed by atoms with Crippen LogP contribution >= 0.6 is 0 Å². The van der Waals surface area contributed by atoms with Gasteiger partial charge in [-0.15, -0.1) is 0 Å². The van der Waals surface area contributed by atoms with E-state index >= 15 is 0 Å². The maximum atomic E-state index is 10.9. The molecule has 2 N–H and O–H groups in total. The molecule has 1 aromatic carbocycles. The Labute approximate surface area is 88.0 Å². The van der Waals surface area contributed by atoms with Crippen molar-refractivity contribution in [2.24, 2.45) is 5.90 Å². The summed E-state index contributed by atoms with van der Waals surface area (Å²) in [6.07, 6.45) is 0. The van der Waals surface area contributed by atoms with Crippen molar-refractivity contribution in [1.29, 1.82) is 0 Å². The molecule has 0 amide bonds. The molecule has 5 nitrogen and oxygen atoms in total. The number of hydrogen-bond donors (Lipinski definition) is 1. The monoisotopic (exact) mass is 210 g/mol. The molecule has 0 aromatic heterocycles. The van der Waals surface area contributed by atoms with Gasteiger partial charge in [0.1, 0.15) is 0 Å². The molecule has 0 radical (unpaired) electrons. The minimum absolute atomic E-state index is 0.0877. The minimum Gasteiger partial charge on any atom is -0.304 e. The summed E-state index contributed by atoms with van der Waals surface area (Å²) in [5.41, 5.74) is 1.47. The maximum absolute atomic E-state index is 10.9. The highest BCUT2D eigenvalue weighted by Gasteiger charge is 2.20. The molecule has 0 bridgehead atoms. The van der Waals surface area contributed by atoms with E-state index in [-0.39, 0.29) is 23.1 Å². The van der Waals surface area contributed by atoms with Crippen LogP contribution in [0.15, 0.2) is 18.2 Å². The smallest absolute Gasteiger partial charge is 0.275 e. The first-order valence-electron chi connectivity index (χ1n) is 4.63. The molecule has 0 saturated heterocycles. The SMILES string of the molecule is Cc1cccc(C(C)CON)c1[N+](=O)[O-]. The van der Waals surface area contributed by atoms with E-state index in [0.29, 0.717) is 11.1 Å². The van der Waals surface area contributed by atoms with Crippen molar-refractivity contribution in [3.8, 4) is 0 Å². The Morgan fingerprint density at radius 2 is 2.27 bits per heavy atom. The normalized spacial score (nSPS) is 12.5. The lowest BCUT2D eigenvalue weighted by Gasteiger charge is -2.11. The number of nitro benzene ring substituents is 1. The van der Waals surface area contributed by atoms with Gasteiger partial charge in [0.15, 0.2) is 0 Å². The summed E-state index contributed by atoms with van der Waals surface area (Å²) in [5, 5.41) is 10.9. The zero-order valence-corrected chi connectivity index (χ0v) is 8.77. The quantitative estimate of drug-likeness (QED) is 0.608. The molecule has 1 rings (SSSR count). The lowest BCUT2D eigenvalue weighted by molar-refractivity contribution is -0.386. The fourth-order valence-corrected chi connectivity index (χ4v) is 1.56. The highest BCUT2D eigenvalue weighted by atomic mass is 16.6. The third kappa shape index (κ3) is 2.51. The molecule has 15 heavy (non-hydrogen) atoms. The first-order chi connectivity index (χ1) is 7.07. The maximum Gasteiger partial charge on any atom is 0.275 e. The number of benzene rings is 1. The second-order valence-corrected chi connectivity index (χ2v) is 3.50. The summed E-state index contributed by atoms with van der Waals surface area (Å²) in [7, 11) is 0. The summed E-state index contributed by atoms with van der Waals surface area (Å²) in [6.45, 7) is 3.83. The van der Waals surface area contributed by atoms with Crippen LogP contribution in [0.5, 0.6) is 0 Å². The van der Waals surface area contributed by atoms with E-state index in [1.807, 2.05) is 6.92 Å². The van der Waals surface area contributed by atoms with Crippen molar-refractivity contribution in [3.05, 3.63) is 39.4 Å². The van der Waals surface area contributed by atoms with Crippen LogP contribution in [-0.4, -0.2) is 11.5 Å². The lowest BCUT2D eigenvalue weighted by Crippen LogP contribution is -2.10. The molecule has 0 aliphatic heterocycles. The van der Waals surface area contributed by atoms with Gasteiger partial charge in [-0.25, -0.2) is 5.90 Å². The Kier molecular flexibility index (Phi) is 3.76. The van der Waals surface area contributed by atoms with E-state index in [4.69, 9.17) is 5.90 Å². The van der Waals surface area contributed by atoms with Crippen molar-refractivity contribution in [3.63, 3.8) is 0 Å². The van der Waals surface area contributed by atoms with Gasteiger partial charge >= 0.3 is 0 Å². The number of nitrogens with zero attached hydrogens (tertiary/aromatic N) is 1. The van der Waals surface area contributed by atoms with E-state index in [1.54, 1.807) is 25.1 Å². The van der Waals surface area contributed by atoms with Crippen LogP contribution in [0.3, 0.4) is 0 Å². The highest BCUT2D eigenvalue weighted by molar-refractivity contribution is 5.48. The zero-order valence-electron chi connectivity index (χ0n) is 8.77. The van der Waals surface area contributed by atoms with Crippen molar-refractivity contribution in [2.45, 2.75) is 19.8 Å². The summed E-state index contributed by atoms with van der Waals surface area (Å²) in [5.74, 6) is 4.87. The molecule has 0 fully saturated rings. The van der Waals surface area contributed by atoms with Crippen LogP contribution in [0.4, 0.5) is 5.69 Å². The van der Waals surface area contributed by atoms with Gasteiger partial charge < -0.3 is 4.84 Å². The predicted molar refractivity (Wildman–Crippen MR) is 56.4 cm³/mol. The van der Waals surface area contributed by atoms with E-state index in [1.165, 1.54) is 0 Å². The van der Waals surface area contributed by atoms with Crippen LogP contribution in [-0.2, 0) is 4.84 Å². The van der Waals surface area contributed by atoms with Crippen LogP contribution in [0.1, 0.15) is 24.0 Å². The van der Waals surface area contributed by atoms with E-state index in [9.17, 15) is 10.1 Å². The van der Waals surface area contributed by atoms with Crippen molar-refractivity contribution in [2.75, 3.05) is 6.61 Å². The Bertz CT molecular complexity index is 366. The van der Waals surface area contributed by atoms with Gasteiger partial charge in [0, 0.05) is 17.0 Å². The van der Waals surface area contributed by atoms with Crippen LogP contribution < -0.4 is 5.90 Å². The van der Waals surface area contributed by atoms with Crippen molar-refractivity contribution >= 4 is 5.69 Å². The summed E-state index contributed by atoms with van der Waals surface area (Å²) >= 11 is 0. The number of para-hydroxylation sites is 1. The molecule has 0 aliphatic carbocycles. The second-order valence-electron chi connectivity index (χ2n) is 3.50. The number of nitro groups is 1. The average Bonchev–Trinajstić information content (AvgIpc) is 2.17. The van der Waals surface area contributed by atoms with Crippen LogP contribution in [0.25, 0.3) is 0 Å². The second kappa shape index (κ2) is 4.86. The molecule has 0 heterocycles. The zero-order chi connectivity index (χ0) is 11.4.